The SMILES string of the molecule is CC(C)(C)OC(=O)n1cc(-c2cn(-c3ccc(OC(F)(F)F)cc3)c(=O)c(NI)c2N=N)cn1. The van der Waals surface area contributed by atoms with Crippen LogP contribution in [-0.4, -0.2) is 32.4 Å². The summed E-state index contributed by atoms with van der Waals surface area (Å²) < 4.78 is 51.3. The molecule has 2 aromatic heterocycles. The number of carbonyl (C=O) groups is 1. The van der Waals surface area contributed by atoms with Crippen molar-refractivity contribution in [3.63, 3.8) is 0 Å². The van der Waals surface area contributed by atoms with Crippen molar-refractivity contribution in [2.75, 3.05) is 3.53 Å². The van der Waals surface area contributed by atoms with Gasteiger partial charge in [-0.2, -0.15) is 14.9 Å². The van der Waals surface area contributed by atoms with Crippen LogP contribution in [0.1, 0.15) is 20.8 Å². The molecule has 2 N–H and O–H groups in total. The fourth-order valence-electron chi connectivity index (χ4n) is 2.89. The molecule has 2 heterocycles. The van der Waals surface area contributed by atoms with Gasteiger partial charge in [0.25, 0.3) is 5.56 Å². The van der Waals surface area contributed by atoms with Gasteiger partial charge in [0.05, 0.1) is 29.1 Å². The van der Waals surface area contributed by atoms with Crippen LogP contribution in [0.2, 0.25) is 0 Å². The molecule has 0 spiro atoms. The number of aromatic nitrogens is 3. The number of pyridine rings is 1. The van der Waals surface area contributed by atoms with Gasteiger partial charge in [0.1, 0.15) is 22.7 Å². The van der Waals surface area contributed by atoms with Gasteiger partial charge < -0.3 is 13.0 Å². The Morgan fingerprint density at radius 3 is 2.35 bits per heavy atom. The summed E-state index contributed by atoms with van der Waals surface area (Å²) in [4.78, 5) is 25.3. The number of alkyl halides is 3. The second-order valence-electron chi connectivity index (χ2n) is 7.84. The molecule has 0 aliphatic carbocycles. The molecule has 14 heteroatoms. The Balaban J connectivity index is 2.10. The predicted molar refractivity (Wildman–Crippen MR) is 124 cm³/mol. The molecule has 10 nitrogen and oxygen atoms in total. The number of benzene rings is 1. The molecule has 180 valence electrons. The monoisotopic (exact) mass is 590 g/mol. The minimum Gasteiger partial charge on any atom is -0.442 e. The summed E-state index contributed by atoms with van der Waals surface area (Å²) in [6.07, 6.45) is -1.55. The van der Waals surface area contributed by atoms with Crippen LogP contribution in [0.3, 0.4) is 0 Å². The molecule has 0 saturated carbocycles. The summed E-state index contributed by atoms with van der Waals surface area (Å²) in [5, 5.41) is 7.44. The van der Waals surface area contributed by atoms with Crippen molar-refractivity contribution in [2.45, 2.75) is 32.7 Å². The van der Waals surface area contributed by atoms with E-state index in [0.29, 0.717) is 5.56 Å². The maximum Gasteiger partial charge on any atom is 0.573 e. The van der Waals surface area contributed by atoms with Crippen LogP contribution in [0.5, 0.6) is 5.75 Å². The largest absolute Gasteiger partial charge is 0.573 e. The Kier molecular flexibility index (Phi) is 6.99. The molecule has 0 fully saturated rings. The van der Waals surface area contributed by atoms with Gasteiger partial charge in [-0.05, 0) is 45.0 Å². The summed E-state index contributed by atoms with van der Waals surface area (Å²) >= 11 is 1.70. The van der Waals surface area contributed by atoms with Gasteiger partial charge in [0.15, 0.2) is 0 Å². The fourth-order valence-corrected chi connectivity index (χ4v) is 3.37. The first-order valence-corrected chi connectivity index (χ1v) is 10.6. The molecule has 0 amide bonds. The normalized spacial score (nSPS) is 11.7. The smallest absolute Gasteiger partial charge is 0.442 e. The molecule has 3 aromatic rings. The molecular formula is C20H18F3IN6O4. The van der Waals surface area contributed by atoms with Crippen LogP contribution in [0.25, 0.3) is 16.8 Å². The quantitative estimate of drug-likeness (QED) is 0.220. The summed E-state index contributed by atoms with van der Waals surface area (Å²) in [5.74, 6) is -0.451. The molecule has 3 rings (SSSR count). The lowest BCUT2D eigenvalue weighted by molar-refractivity contribution is -0.274. The summed E-state index contributed by atoms with van der Waals surface area (Å²) in [5.41, 5.74) is 6.98. The average Bonchev–Trinajstić information content (AvgIpc) is 3.22. The molecule has 0 aliphatic heterocycles. The number of nitrogens with one attached hydrogen (secondary N) is 2. The van der Waals surface area contributed by atoms with Crippen molar-refractivity contribution in [3.05, 3.63) is 53.2 Å². The third kappa shape index (κ3) is 5.73. The Morgan fingerprint density at radius 2 is 1.82 bits per heavy atom. The van der Waals surface area contributed by atoms with Crippen LogP contribution >= 0.6 is 22.9 Å². The van der Waals surface area contributed by atoms with E-state index >= 15 is 0 Å². The highest BCUT2D eigenvalue weighted by Gasteiger charge is 2.31. The van der Waals surface area contributed by atoms with Crippen LogP contribution in [-0.2, 0) is 4.74 Å². The Bertz CT molecular complexity index is 1280. The second-order valence-corrected chi connectivity index (χ2v) is 8.38. The maximum atomic E-state index is 13.0. The lowest BCUT2D eigenvalue weighted by Crippen LogP contribution is -2.27. The van der Waals surface area contributed by atoms with E-state index < -0.39 is 29.4 Å². The summed E-state index contributed by atoms with van der Waals surface area (Å²) in [6, 6.07) is 4.67. The fraction of sp³-hybridized carbons (Fsp3) is 0.250. The molecular weight excluding hydrogens is 572 g/mol. The first-order chi connectivity index (χ1) is 15.8. The van der Waals surface area contributed by atoms with Crippen LogP contribution < -0.4 is 13.8 Å². The average molecular weight is 590 g/mol. The third-order valence-electron chi connectivity index (χ3n) is 4.21. The summed E-state index contributed by atoms with van der Waals surface area (Å²) in [7, 11) is 0. The molecule has 0 saturated heterocycles. The number of rotatable bonds is 5. The van der Waals surface area contributed by atoms with E-state index in [4.69, 9.17) is 10.3 Å². The van der Waals surface area contributed by atoms with Gasteiger partial charge >= 0.3 is 12.5 Å². The lowest BCUT2D eigenvalue weighted by Gasteiger charge is -2.18. The van der Waals surface area contributed by atoms with Crippen molar-refractivity contribution >= 4 is 40.3 Å². The first kappa shape index (κ1) is 25.2. The third-order valence-corrected chi connectivity index (χ3v) is 4.75. The number of nitrogens with zero attached hydrogens (tertiary/aromatic N) is 4. The highest BCUT2D eigenvalue weighted by atomic mass is 127. The zero-order valence-corrected chi connectivity index (χ0v) is 20.1. The highest BCUT2D eigenvalue weighted by molar-refractivity contribution is 14.1. The van der Waals surface area contributed by atoms with E-state index in [-0.39, 0.29) is 22.6 Å². The van der Waals surface area contributed by atoms with Gasteiger partial charge in [0.2, 0.25) is 0 Å². The van der Waals surface area contributed by atoms with Gasteiger partial charge in [-0.3, -0.25) is 9.36 Å². The van der Waals surface area contributed by atoms with Gasteiger partial charge in [-0.15, -0.1) is 13.2 Å². The minimum absolute atomic E-state index is 0.0172. The molecule has 34 heavy (non-hydrogen) atoms. The lowest BCUT2D eigenvalue weighted by atomic mass is 10.1. The molecule has 0 radical (unpaired) electrons. The number of ether oxygens (including phenoxy) is 2. The highest BCUT2D eigenvalue weighted by Crippen LogP contribution is 2.36. The Hall–Kier alpha value is -3.43. The van der Waals surface area contributed by atoms with Gasteiger partial charge in [0, 0.05) is 29.2 Å². The number of hydrogen-bond acceptors (Lipinski definition) is 8. The molecule has 0 bridgehead atoms. The summed E-state index contributed by atoms with van der Waals surface area (Å²) in [6.45, 7) is 5.10. The topological polar surface area (TPSA) is 124 Å². The first-order valence-electron chi connectivity index (χ1n) is 9.51. The number of halogens is 4. The number of hydrogen-bond donors (Lipinski definition) is 2. The zero-order chi connectivity index (χ0) is 25.3. The van der Waals surface area contributed by atoms with Crippen molar-refractivity contribution in [1.82, 2.24) is 14.3 Å². The van der Waals surface area contributed by atoms with Crippen LogP contribution in [0, 0.1) is 5.53 Å². The van der Waals surface area contributed by atoms with E-state index in [1.807, 2.05) is 0 Å². The second kappa shape index (κ2) is 9.44. The van der Waals surface area contributed by atoms with E-state index in [1.165, 1.54) is 30.7 Å². The van der Waals surface area contributed by atoms with Crippen LogP contribution in [0.4, 0.5) is 29.3 Å². The standard InChI is InChI=1S/C20H18F3IN6O4/c1-19(2,3)34-18(32)30-9-11(8-26-30)14-10-29(17(31)16(27-24)15(14)28-25)12-4-6-13(7-5-12)33-20(21,22)23/h4-10,25,27H,1-3H3. The van der Waals surface area contributed by atoms with Crippen LogP contribution in [0.15, 0.2) is 52.8 Å². The Labute approximate surface area is 204 Å². The van der Waals surface area contributed by atoms with Crippen molar-refractivity contribution in [1.29, 1.82) is 5.53 Å². The Morgan fingerprint density at radius 1 is 1.18 bits per heavy atom. The van der Waals surface area contributed by atoms with Crippen molar-refractivity contribution in [2.24, 2.45) is 5.11 Å². The zero-order valence-electron chi connectivity index (χ0n) is 18.0. The van der Waals surface area contributed by atoms with E-state index in [9.17, 15) is 22.8 Å². The van der Waals surface area contributed by atoms with Crippen molar-refractivity contribution in [3.8, 4) is 22.6 Å². The van der Waals surface area contributed by atoms with Gasteiger partial charge in [-0.25, -0.2) is 10.3 Å². The van der Waals surface area contributed by atoms with E-state index in [2.05, 4.69) is 18.5 Å². The number of anilines is 1. The molecule has 0 aliphatic rings. The maximum absolute atomic E-state index is 13.0. The predicted octanol–water partition coefficient (Wildman–Crippen LogP) is 5.81. The molecule has 1 aromatic carbocycles. The van der Waals surface area contributed by atoms with Gasteiger partial charge in [-0.1, -0.05) is 0 Å². The minimum atomic E-state index is -4.85. The van der Waals surface area contributed by atoms with E-state index in [0.717, 1.165) is 21.4 Å². The molecule has 0 atom stereocenters. The van der Waals surface area contributed by atoms with E-state index in [1.54, 1.807) is 43.6 Å². The van der Waals surface area contributed by atoms with Crippen molar-refractivity contribution < 1.29 is 27.4 Å². The number of carbonyl (C=O) groups excluding carboxylic acids is 1. The molecule has 0 unspecified atom stereocenters.